The zero-order chi connectivity index (χ0) is 17.1. The van der Waals surface area contributed by atoms with E-state index in [4.69, 9.17) is 9.47 Å². The maximum absolute atomic E-state index is 12.9. The Morgan fingerprint density at radius 1 is 1.26 bits per heavy atom. The molecule has 1 aromatic carbocycles. The highest BCUT2D eigenvalue weighted by molar-refractivity contribution is 5.94. The number of hydrogen-bond acceptors (Lipinski definition) is 5. The normalized spacial score (nSPS) is 11.0. The zero-order valence-corrected chi connectivity index (χ0v) is 13.4. The Morgan fingerprint density at radius 3 is 2.52 bits per heavy atom. The SMILES string of the molecule is COc1ccc(CCNC(=CCOC(=O)CC(C)=O)CF)cc1. The first-order valence-corrected chi connectivity index (χ1v) is 7.32. The minimum Gasteiger partial charge on any atom is -0.497 e. The predicted molar refractivity (Wildman–Crippen MR) is 85.0 cm³/mol. The first kappa shape index (κ1) is 18.7. The lowest BCUT2D eigenvalue weighted by molar-refractivity contribution is -0.144. The van der Waals surface area contributed by atoms with E-state index >= 15 is 0 Å². The number of benzene rings is 1. The van der Waals surface area contributed by atoms with Gasteiger partial charge >= 0.3 is 5.97 Å². The molecule has 0 amide bonds. The van der Waals surface area contributed by atoms with E-state index < -0.39 is 12.6 Å². The van der Waals surface area contributed by atoms with Gasteiger partial charge in [-0.25, -0.2) is 4.39 Å². The summed E-state index contributed by atoms with van der Waals surface area (Å²) < 4.78 is 22.8. The van der Waals surface area contributed by atoms with Gasteiger partial charge in [-0.05, 0) is 37.1 Å². The van der Waals surface area contributed by atoms with Crippen LogP contribution in [0.15, 0.2) is 36.0 Å². The van der Waals surface area contributed by atoms with Crippen LogP contribution in [0.25, 0.3) is 0 Å². The van der Waals surface area contributed by atoms with Crippen molar-refractivity contribution in [1.29, 1.82) is 0 Å². The molecule has 0 unspecified atom stereocenters. The molecule has 0 fully saturated rings. The summed E-state index contributed by atoms with van der Waals surface area (Å²) in [4.78, 5) is 21.9. The number of alkyl halides is 1. The summed E-state index contributed by atoms with van der Waals surface area (Å²) in [6, 6.07) is 7.64. The quantitative estimate of drug-likeness (QED) is 0.528. The molecule has 0 radical (unpaired) electrons. The molecule has 0 saturated carbocycles. The van der Waals surface area contributed by atoms with Crippen LogP contribution in [0.1, 0.15) is 18.9 Å². The van der Waals surface area contributed by atoms with Gasteiger partial charge in [0.15, 0.2) is 0 Å². The van der Waals surface area contributed by atoms with E-state index in [1.165, 1.54) is 13.0 Å². The van der Waals surface area contributed by atoms with Crippen molar-refractivity contribution in [3.63, 3.8) is 0 Å². The Kier molecular flexibility index (Phi) is 8.42. The number of esters is 1. The topological polar surface area (TPSA) is 64.6 Å². The molecular formula is C17H22FNO4. The van der Waals surface area contributed by atoms with Crippen molar-refractivity contribution >= 4 is 11.8 Å². The molecule has 1 N–H and O–H groups in total. The van der Waals surface area contributed by atoms with Crippen molar-refractivity contribution in [2.75, 3.05) is 26.9 Å². The number of nitrogens with one attached hydrogen (secondary N) is 1. The van der Waals surface area contributed by atoms with E-state index in [0.717, 1.165) is 17.7 Å². The third-order valence-electron chi connectivity index (χ3n) is 3.04. The van der Waals surface area contributed by atoms with Crippen LogP contribution >= 0.6 is 0 Å². The molecule has 0 bridgehead atoms. The zero-order valence-electron chi connectivity index (χ0n) is 13.4. The van der Waals surface area contributed by atoms with Crippen LogP contribution in [0.5, 0.6) is 5.75 Å². The molecule has 0 atom stereocenters. The van der Waals surface area contributed by atoms with Gasteiger partial charge in [-0.15, -0.1) is 0 Å². The number of hydrogen-bond donors (Lipinski definition) is 1. The van der Waals surface area contributed by atoms with Crippen LogP contribution in [0.3, 0.4) is 0 Å². The number of Topliss-reactive ketones (excluding diaryl/α,β-unsaturated/α-hetero) is 1. The van der Waals surface area contributed by atoms with E-state index in [1.54, 1.807) is 7.11 Å². The number of ketones is 1. The molecule has 0 saturated heterocycles. The lowest BCUT2D eigenvalue weighted by Crippen LogP contribution is -2.19. The maximum Gasteiger partial charge on any atom is 0.313 e. The minimum absolute atomic E-state index is 0.0547. The number of allylic oxidation sites excluding steroid dienone is 1. The molecule has 0 aliphatic heterocycles. The standard InChI is InChI=1S/C17H22FNO4/c1-13(20)11-17(21)23-10-8-15(12-18)19-9-7-14-3-5-16(22-2)6-4-14/h3-6,8,19H,7,9-12H2,1-2H3. The molecule has 5 nitrogen and oxygen atoms in total. The van der Waals surface area contributed by atoms with Crippen LogP contribution in [-0.2, 0) is 20.7 Å². The highest BCUT2D eigenvalue weighted by Gasteiger charge is 2.05. The lowest BCUT2D eigenvalue weighted by atomic mass is 10.1. The summed E-state index contributed by atoms with van der Waals surface area (Å²) in [7, 11) is 1.61. The van der Waals surface area contributed by atoms with Gasteiger partial charge in [0.25, 0.3) is 0 Å². The average molecular weight is 323 g/mol. The molecule has 0 spiro atoms. The Morgan fingerprint density at radius 2 is 1.96 bits per heavy atom. The van der Waals surface area contributed by atoms with Gasteiger partial charge in [0.05, 0.1) is 7.11 Å². The molecular weight excluding hydrogens is 301 g/mol. The van der Waals surface area contributed by atoms with Crippen molar-refractivity contribution in [1.82, 2.24) is 5.32 Å². The highest BCUT2D eigenvalue weighted by Crippen LogP contribution is 2.11. The maximum atomic E-state index is 12.9. The lowest BCUT2D eigenvalue weighted by Gasteiger charge is -2.09. The molecule has 1 aromatic rings. The van der Waals surface area contributed by atoms with E-state index in [9.17, 15) is 14.0 Å². The van der Waals surface area contributed by atoms with Gasteiger partial charge in [0.1, 0.15) is 31.2 Å². The Hall–Kier alpha value is -2.37. The van der Waals surface area contributed by atoms with Gasteiger partial charge < -0.3 is 14.8 Å². The second-order valence-electron chi connectivity index (χ2n) is 4.95. The van der Waals surface area contributed by atoms with Crippen LogP contribution in [0, 0.1) is 0 Å². The van der Waals surface area contributed by atoms with Gasteiger partial charge in [0, 0.05) is 12.2 Å². The van der Waals surface area contributed by atoms with Crippen LogP contribution in [0.4, 0.5) is 4.39 Å². The number of ether oxygens (including phenoxy) is 2. The Bertz CT molecular complexity index is 540. The summed E-state index contributed by atoms with van der Waals surface area (Å²) in [6.07, 6.45) is 1.93. The third-order valence-corrected chi connectivity index (χ3v) is 3.04. The highest BCUT2D eigenvalue weighted by atomic mass is 19.1. The van der Waals surface area contributed by atoms with Crippen molar-refractivity contribution < 1.29 is 23.5 Å². The Labute approximate surface area is 135 Å². The van der Waals surface area contributed by atoms with Crippen LogP contribution in [0.2, 0.25) is 0 Å². The molecule has 6 heteroatoms. The predicted octanol–water partition coefficient (Wildman–Crippen LogP) is 2.20. The van der Waals surface area contributed by atoms with Crippen molar-refractivity contribution in [2.45, 2.75) is 19.8 Å². The van der Waals surface area contributed by atoms with Gasteiger partial charge in [-0.2, -0.15) is 0 Å². The van der Waals surface area contributed by atoms with Crippen molar-refractivity contribution in [3.8, 4) is 5.75 Å². The summed E-state index contributed by atoms with van der Waals surface area (Å²) >= 11 is 0. The molecule has 0 aliphatic rings. The number of halogens is 1. The smallest absolute Gasteiger partial charge is 0.313 e. The number of carbonyl (C=O) groups excluding carboxylic acids is 2. The first-order chi connectivity index (χ1) is 11.0. The molecule has 126 valence electrons. The van der Waals surface area contributed by atoms with Gasteiger partial charge in [-0.1, -0.05) is 12.1 Å². The summed E-state index contributed by atoms with van der Waals surface area (Å²) in [5, 5.41) is 2.96. The molecule has 1 rings (SSSR count). The van der Waals surface area contributed by atoms with E-state index in [2.05, 4.69) is 5.32 Å². The fraction of sp³-hybridized carbons (Fsp3) is 0.412. The van der Waals surface area contributed by atoms with Crippen LogP contribution in [-0.4, -0.2) is 38.7 Å². The van der Waals surface area contributed by atoms with E-state index in [1.807, 2.05) is 24.3 Å². The molecule has 0 aliphatic carbocycles. The van der Waals surface area contributed by atoms with Crippen molar-refractivity contribution in [2.24, 2.45) is 0 Å². The summed E-state index contributed by atoms with van der Waals surface area (Å²) in [5.74, 6) is -0.0778. The molecule has 23 heavy (non-hydrogen) atoms. The fourth-order valence-corrected chi connectivity index (χ4v) is 1.82. The minimum atomic E-state index is -0.674. The first-order valence-electron chi connectivity index (χ1n) is 7.32. The third kappa shape index (κ3) is 7.99. The van der Waals surface area contributed by atoms with Crippen LogP contribution < -0.4 is 10.1 Å². The number of methoxy groups -OCH3 is 1. The molecule has 0 heterocycles. The second-order valence-corrected chi connectivity index (χ2v) is 4.95. The largest absolute Gasteiger partial charge is 0.497 e. The Balaban J connectivity index is 2.33. The summed E-state index contributed by atoms with van der Waals surface area (Å²) in [6.45, 7) is 1.14. The van der Waals surface area contributed by atoms with Crippen molar-refractivity contribution in [3.05, 3.63) is 41.6 Å². The van der Waals surface area contributed by atoms with E-state index in [-0.39, 0.29) is 18.8 Å². The van der Waals surface area contributed by atoms with Gasteiger partial charge in [-0.3, -0.25) is 9.59 Å². The van der Waals surface area contributed by atoms with E-state index in [0.29, 0.717) is 12.2 Å². The fourth-order valence-electron chi connectivity index (χ4n) is 1.82. The second kappa shape index (κ2) is 10.4. The average Bonchev–Trinajstić information content (AvgIpc) is 2.53. The monoisotopic (exact) mass is 323 g/mol. The van der Waals surface area contributed by atoms with Gasteiger partial charge in [0.2, 0.25) is 0 Å². The number of carbonyl (C=O) groups is 2. The molecule has 0 aromatic heterocycles. The summed E-state index contributed by atoms with van der Waals surface area (Å²) in [5.41, 5.74) is 1.46. The number of rotatable bonds is 10.